The summed E-state index contributed by atoms with van der Waals surface area (Å²) in [6.45, 7) is 5.75. The molecule has 0 radical (unpaired) electrons. The molecule has 96 valence electrons. The van der Waals surface area contributed by atoms with Crippen LogP contribution in [0, 0.1) is 0 Å². The molecule has 8 nitrogen and oxygen atoms in total. The molecule has 0 unspecified atom stereocenters. The van der Waals surface area contributed by atoms with Gasteiger partial charge in [0, 0.05) is 0 Å². The van der Waals surface area contributed by atoms with E-state index in [0.717, 1.165) is 0 Å². The van der Waals surface area contributed by atoms with Crippen LogP contribution in [-0.4, -0.2) is 76.9 Å². The zero-order valence-electron chi connectivity index (χ0n) is 8.77. The molecule has 0 spiro atoms. The van der Waals surface area contributed by atoms with Crippen molar-refractivity contribution in [3.8, 4) is 0 Å². The molecule has 0 aromatic rings. The summed E-state index contributed by atoms with van der Waals surface area (Å²) in [5, 5.41) is 0. The van der Waals surface area contributed by atoms with Crippen molar-refractivity contribution in [2.75, 3.05) is 13.2 Å². The molecule has 0 bridgehead atoms. The van der Waals surface area contributed by atoms with E-state index < -0.39 is 20.8 Å². The molecule has 0 amide bonds. The Morgan fingerprint density at radius 1 is 0.882 bits per heavy atom. The Kier molecular flexibility index (Phi) is 15.4. The van der Waals surface area contributed by atoms with Gasteiger partial charge >= 0.3 is 37.7 Å². The molecule has 17 heavy (non-hydrogen) atoms. The van der Waals surface area contributed by atoms with Crippen LogP contribution in [0.4, 0.5) is 0 Å². The maximum Gasteiger partial charge on any atom is 2.00 e. The van der Waals surface area contributed by atoms with E-state index in [1.54, 1.807) is 0 Å². The quantitative estimate of drug-likeness (QED) is 0.261. The Balaban J connectivity index is -0.000000218. The van der Waals surface area contributed by atoms with Crippen molar-refractivity contribution >= 4 is 58.5 Å². The molecule has 0 aliphatic carbocycles. The van der Waals surface area contributed by atoms with E-state index in [0.29, 0.717) is 0 Å². The molecule has 0 aromatic carbocycles. The van der Waals surface area contributed by atoms with Crippen LogP contribution in [0.25, 0.3) is 0 Å². The fourth-order valence-electron chi connectivity index (χ4n) is 0.263. The molecule has 0 rings (SSSR count). The summed E-state index contributed by atoms with van der Waals surface area (Å²) in [4.78, 5) is 0. The zero-order valence-corrected chi connectivity index (χ0v) is 12.6. The first-order valence-corrected chi connectivity index (χ1v) is 6.21. The molecular formula is C6H10CaO8S2. The summed E-state index contributed by atoms with van der Waals surface area (Å²) in [5.41, 5.74) is 0. The van der Waals surface area contributed by atoms with Gasteiger partial charge in [-0.3, -0.25) is 8.37 Å². The van der Waals surface area contributed by atoms with Crippen LogP contribution in [0.1, 0.15) is 0 Å². The van der Waals surface area contributed by atoms with Gasteiger partial charge in [0.2, 0.25) is 20.8 Å². The molecule has 0 saturated carbocycles. The van der Waals surface area contributed by atoms with Crippen molar-refractivity contribution in [1.82, 2.24) is 0 Å². The van der Waals surface area contributed by atoms with Gasteiger partial charge in [-0.1, -0.05) is 12.2 Å². The Labute approximate surface area is 130 Å². The van der Waals surface area contributed by atoms with Crippen LogP contribution in [-0.2, 0) is 29.2 Å². The van der Waals surface area contributed by atoms with Crippen LogP contribution >= 0.6 is 0 Å². The van der Waals surface area contributed by atoms with Gasteiger partial charge in [0.05, 0.1) is 13.2 Å². The first-order valence-electron chi connectivity index (χ1n) is 3.54. The second-order valence-corrected chi connectivity index (χ2v) is 4.07. The van der Waals surface area contributed by atoms with E-state index in [2.05, 4.69) is 21.5 Å². The summed E-state index contributed by atoms with van der Waals surface area (Å²) in [5.74, 6) is 0. The van der Waals surface area contributed by atoms with Gasteiger partial charge < -0.3 is 9.11 Å². The fraction of sp³-hybridized carbons (Fsp3) is 0.333. The average molecular weight is 314 g/mol. The Hall–Kier alpha value is 0.480. The molecule has 0 aliphatic heterocycles. The second kappa shape index (κ2) is 11.6. The number of rotatable bonds is 6. The maximum atomic E-state index is 9.56. The first kappa shape index (κ1) is 22.6. The third kappa shape index (κ3) is 31.5. The normalized spacial score (nSPS) is 10.5. The minimum Gasteiger partial charge on any atom is -0.726 e. The molecule has 0 aliphatic rings. The molecule has 11 heteroatoms. The molecular weight excluding hydrogens is 304 g/mol. The Morgan fingerprint density at radius 3 is 1.18 bits per heavy atom. The minimum absolute atomic E-state index is 0. The van der Waals surface area contributed by atoms with Crippen molar-refractivity contribution in [3.63, 3.8) is 0 Å². The summed E-state index contributed by atoms with van der Waals surface area (Å²) in [6.07, 6.45) is 2.35. The monoisotopic (exact) mass is 314 g/mol. The predicted octanol–water partition coefficient (Wildman–Crippen LogP) is -1.08. The predicted molar refractivity (Wildman–Crippen MR) is 57.4 cm³/mol. The van der Waals surface area contributed by atoms with Crippen LogP contribution < -0.4 is 0 Å². The van der Waals surface area contributed by atoms with Gasteiger partial charge in [-0.15, -0.1) is 13.2 Å². The SMILES string of the molecule is C=CCOS(=O)(=O)[O-].C=CCOS(=O)(=O)[O-].[Ca+2]. The first-order chi connectivity index (χ1) is 7.12. The van der Waals surface area contributed by atoms with Gasteiger partial charge in [-0.25, -0.2) is 16.8 Å². The smallest absolute Gasteiger partial charge is 0.726 e. The Morgan fingerprint density at radius 2 is 1.12 bits per heavy atom. The second-order valence-electron chi connectivity index (χ2n) is 1.96. The summed E-state index contributed by atoms with van der Waals surface area (Å²) in [7, 11) is -9.02. The van der Waals surface area contributed by atoms with Gasteiger partial charge in [-0.05, 0) is 0 Å². The largest absolute Gasteiger partial charge is 2.00 e. The van der Waals surface area contributed by atoms with E-state index in [9.17, 15) is 25.9 Å². The van der Waals surface area contributed by atoms with E-state index in [1.807, 2.05) is 0 Å². The third-order valence-electron chi connectivity index (χ3n) is 0.660. The maximum absolute atomic E-state index is 9.56. The third-order valence-corrected chi connectivity index (χ3v) is 1.51. The van der Waals surface area contributed by atoms with Crippen molar-refractivity contribution < 1.29 is 34.3 Å². The van der Waals surface area contributed by atoms with E-state index in [-0.39, 0.29) is 51.0 Å². The Bertz CT molecular complexity index is 358. The summed E-state index contributed by atoms with van der Waals surface area (Å²) < 4.78 is 64.7. The molecule has 0 heterocycles. The van der Waals surface area contributed by atoms with Gasteiger partial charge in [0.25, 0.3) is 0 Å². The van der Waals surface area contributed by atoms with E-state index in [1.165, 1.54) is 12.2 Å². The van der Waals surface area contributed by atoms with Crippen LogP contribution in [0.5, 0.6) is 0 Å². The molecule has 0 atom stereocenters. The molecule has 0 N–H and O–H groups in total. The van der Waals surface area contributed by atoms with Crippen molar-refractivity contribution in [1.29, 1.82) is 0 Å². The molecule has 0 aromatic heterocycles. The zero-order chi connectivity index (χ0) is 13.2. The van der Waals surface area contributed by atoms with Crippen LogP contribution in [0.3, 0.4) is 0 Å². The van der Waals surface area contributed by atoms with Gasteiger partial charge in [0.15, 0.2) is 0 Å². The van der Waals surface area contributed by atoms with Gasteiger partial charge in [0.1, 0.15) is 0 Å². The average Bonchev–Trinajstić information content (AvgIpc) is 2.10. The fourth-order valence-corrected chi connectivity index (χ4v) is 0.789. The number of hydrogen-bond acceptors (Lipinski definition) is 8. The minimum atomic E-state index is -4.51. The molecule has 0 saturated heterocycles. The van der Waals surface area contributed by atoms with Crippen LogP contribution in [0.15, 0.2) is 25.3 Å². The topological polar surface area (TPSA) is 133 Å². The van der Waals surface area contributed by atoms with E-state index >= 15 is 0 Å². The summed E-state index contributed by atoms with van der Waals surface area (Å²) in [6, 6.07) is 0. The molecule has 0 fully saturated rings. The van der Waals surface area contributed by atoms with E-state index in [4.69, 9.17) is 0 Å². The number of hydrogen-bond donors (Lipinski definition) is 0. The van der Waals surface area contributed by atoms with Crippen molar-refractivity contribution in [3.05, 3.63) is 25.3 Å². The van der Waals surface area contributed by atoms with Crippen molar-refractivity contribution in [2.45, 2.75) is 0 Å². The van der Waals surface area contributed by atoms with Crippen LogP contribution in [0.2, 0.25) is 0 Å². The standard InChI is InChI=1S/2C3H6O4S.Ca/c2*1-2-3-7-8(4,5)6;/h2*2H,1,3H2,(H,4,5,6);/q;;+2/p-2. The van der Waals surface area contributed by atoms with Crippen molar-refractivity contribution in [2.24, 2.45) is 0 Å². The van der Waals surface area contributed by atoms with Gasteiger partial charge in [-0.2, -0.15) is 0 Å². The summed E-state index contributed by atoms with van der Waals surface area (Å²) >= 11 is 0.